The Morgan fingerprint density at radius 2 is 2.41 bits per heavy atom. The summed E-state index contributed by atoms with van der Waals surface area (Å²) in [6, 6.07) is 2.96. The Hall–Kier alpha value is -1.67. The summed E-state index contributed by atoms with van der Waals surface area (Å²) in [5.41, 5.74) is 5.34. The fourth-order valence-electron chi connectivity index (χ4n) is 1.03. The van der Waals surface area contributed by atoms with Crippen molar-refractivity contribution in [2.75, 3.05) is 6.54 Å². The van der Waals surface area contributed by atoms with E-state index in [1.807, 2.05) is 0 Å². The molecule has 0 aliphatic heterocycles. The number of pyridine rings is 1. The van der Waals surface area contributed by atoms with Gasteiger partial charge in [0.15, 0.2) is 0 Å². The molecule has 17 heavy (non-hydrogen) atoms. The van der Waals surface area contributed by atoms with E-state index in [-0.39, 0.29) is 17.3 Å². The molecule has 0 radical (unpaired) electrons. The van der Waals surface area contributed by atoms with Crippen LogP contribution >= 0.6 is 0 Å². The zero-order valence-electron chi connectivity index (χ0n) is 9.24. The number of nitrogens with zero attached hydrogens (tertiary/aromatic N) is 2. The number of sulfonamides is 1. The molecule has 8 heteroatoms. The van der Waals surface area contributed by atoms with Crippen LogP contribution in [0.3, 0.4) is 0 Å². The number of hydrogen-bond donors (Lipinski definition) is 3. The number of rotatable bonds is 5. The van der Waals surface area contributed by atoms with Crippen LogP contribution in [0.2, 0.25) is 0 Å². The second-order valence-electron chi connectivity index (χ2n) is 3.47. The molecule has 1 unspecified atom stereocenters. The van der Waals surface area contributed by atoms with Crippen molar-refractivity contribution in [1.82, 2.24) is 9.71 Å². The summed E-state index contributed by atoms with van der Waals surface area (Å²) in [5.74, 6) is -0.426. The Kier molecular flexibility index (Phi) is 4.41. The van der Waals surface area contributed by atoms with Crippen molar-refractivity contribution in [2.45, 2.75) is 11.8 Å². The van der Waals surface area contributed by atoms with Gasteiger partial charge in [0, 0.05) is 24.9 Å². The van der Waals surface area contributed by atoms with E-state index in [1.54, 1.807) is 6.92 Å². The van der Waals surface area contributed by atoms with Gasteiger partial charge >= 0.3 is 0 Å². The van der Waals surface area contributed by atoms with Crippen LogP contribution in [-0.2, 0) is 10.0 Å². The Morgan fingerprint density at radius 3 is 2.94 bits per heavy atom. The van der Waals surface area contributed by atoms with Crippen molar-refractivity contribution in [3.63, 3.8) is 0 Å². The number of hydrogen-bond acceptors (Lipinski definition) is 5. The van der Waals surface area contributed by atoms with Crippen LogP contribution in [-0.4, -0.2) is 31.0 Å². The van der Waals surface area contributed by atoms with E-state index in [2.05, 4.69) is 14.9 Å². The minimum absolute atomic E-state index is 0.0288. The molecule has 1 aromatic rings. The first-order valence-electron chi connectivity index (χ1n) is 4.84. The molecule has 4 N–H and O–H groups in total. The third-order valence-electron chi connectivity index (χ3n) is 2.14. The summed E-state index contributed by atoms with van der Waals surface area (Å²) in [7, 11) is -3.60. The van der Waals surface area contributed by atoms with Gasteiger partial charge in [-0.05, 0) is 12.1 Å². The van der Waals surface area contributed by atoms with E-state index in [4.69, 9.17) is 10.9 Å². The summed E-state index contributed by atoms with van der Waals surface area (Å²) in [6.45, 7) is 1.69. The topological polar surface area (TPSA) is 118 Å². The molecule has 0 aliphatic rings. The van der Waals surface area contributed by atoms with Gasteiger partial charge in [-0.3, -0.25) is 4.98 Å². The van der Waals surface area contributed by atoms with Gasteiger partial charge in [0.05, 0.1) is 0 Å². The molecular formula is C9H14N4O3S. The molecule has 94 valence electrons. The van der Waals surface area contributed by atoms with Gasteiger partial charge in [-0.2, -0.15) is 0 Å². The third-order valence-corrected chi connectivity index (χ3v) is 3.55. The van der Waals surface area contributed by atoms with Gasteiger partial charge in [-0.25, -0.2) is 13.1 Å². The molecule has 1 heterocycles. The second-order valence-corrected chi connectivity index (χ2v) is 5.23. The highest BCUT2D eigenvalue weighted by Gasteiger charge is 2.16. The summed E-state index contributed by atoms with van der Waals surface area (Å²) in [5, 5.41) is 11.2. The second kappa shape index (κ2) is 5.60. The molecule has 1 atom stereocenters. The first-order valence-corrected chi connectivity index (χ1v) is 6.33. The predicted molar refractivity (Wildman–Crippen MR) is 62.0 cm³/mol. The van der Waals surface area contributed by atoms with Gasteiger partial charge in [0.1, 0.15) is 10.7 Å². The van der Waals surface area contributed by atoms with E-state index >= 15 is 0 Å². The van der Waals surface area contributed by atoms with Gasteiger partial charge < -0.3 is 10.9 Å². The Bertz CT molecular complexity index is 486. The molecule has 0 saturated heterocycles. The number of amidine groups is 1. The Labute approximate surface area is 99.4 Å². The van der Waals surface area contributed by atoms with Crippen LogP contribution in [0.15, 0.2) is 34.6 Å². The van der Waals surface area contributed by atoms with Crippen LogP contribution in [0.25, 0.3) is 0 Å². The van der Waals surface area contributed by atoms with Gasteiger partial charge in [0.25, 0.3) is 0 Å². The molecule has 0 fully saturated rings. The van der Waals surface area contributed by atoms with E-state index in [9.17, 15) is 8.42 Å². The first kappa shape index (κ1) is 13.4. The summed E-state index contributed by atoms with van der Waals surface area (Å²) in [6.07, 6.45) is 2.73. The van der Waals surface area contributed by atoms with Crippen molar-refractivity contribution in [2.24, 2.45) is 16.8 Å². The normalized spacial score (nSPS) is 14.5. The van der Waals surface area contributed by atoms with Crippen LogP contribution in [0, 0.1) is 5.92 Å². The van der Waals surface area contributed by atoms with Gasteiger partial charge in [0.2, 0.25) is 10.0 Å². The fraction of sp³-hybridized carbons (Fsp3) is 0.333. The largest absolute Gasteiger partial charge is 0.409 e. The zero-order valence-corrected chi connectivity index (χ0v) is 10.1. The molecule has 0 aliphatic carbocycles. The highest BCUT2D eigenvalue weighted by Crippen LogP contribution is 2.05. The van der Waals surface area contributed by atoms with E-state index < -0.39 is 15.9 Å². The minimum Gasteiger partial charge on any atom is -0.409 e. The number of oxime groups is 1. The maximum Gasteiger partial charge on any atom is 0.242 e. The number of nitrogens with two attached hydrogens (primary N) is 1. The van der Waals surface area contributed by atoms with Gasteiger partial charge in [-0.15, -0.1) is 0 Å². The Balaban J connectivity index is 2.70. The lowest BCUT2D eigenvalue weighted by Gasteiger charge is -2.11. The molecule has 0 saturated carbocycles. The number of aromatic nitrogens is 1. The molecule has 0 aromatic carbocycles. The fourth-order valence-corrected chi connectivity index (χ4v) is 2.12. The standard InChI is InChI=1S/C9H14N4O3S/c1-7(9(10)13-14)5-12-17(15,16)8-3-2-4-11-6-8/h2-4,6-7,12,14H,5H2,1H3,(H2,10,13). The van der Waals surface area contributed by atoms with Crippen LogP contribution in [0.1, 0.15) is 6.92 Å². The van der Waals surface area contributed by atoms with Crippen molar-refractivity contribution >= 4 is 15.9 Å². The first-order chi connectivity index (χ1) is 7.97. The summed E-state index contributed by atoms with van der Waals surface area (Å²) in [4.78, 5) is 3.80. The summed E-state index contributed by atoms with van der Waals surface area (Å²) >= 11 is 0. The van der Waals surface area contributed by atoms with E-state index in [0.29, 0.717) is 0 Å². The average Bonchev–Trinajstić information content (AvgIpc) is 2.36. The average molecular weight is 258 g/mol. The van der Waals surface area contributed by atoms with Crippen molar-refractivity contribution in [3.05, 3.63) is 24.5 Å². The van der Waals surface area contributed by atoms with Crippen molar-refractivity contribution < 1.29 is 13.6 Å². The maximum atomic E-state index is 11.8. The zero-order chi connectivity index (χ0) is 12.9. The van der Waals surface area contributed by atoms with Crippen molar-refractivity contribution in [3.8, 4) is 0 Å². The molecule has 1 rings (SSSR count). The smallest absolute Gasteiger partial charge is 0.242 e. The highest BCUT2D eigenvalue weighted by molar-refractivity contribution is 7.89. The molecule has 1 aromatic heterocycles. The quantitative estimate of drug-likeness (QED) is 0.291. The van der Waals surface area contributed by atoms with Crippen LogP contribution < -0.4 is 10.5 Å². The number of nitrogens with one attached hydrogen (secondary N) is 1. The predicted octanol–water partition coefficient (Wildman–Crippen LogP) is -0.258. The molecule has 0 amide bonds. The van der Waals surface area contributed by atoms with Crippen molar-refractivity contribution in [1.29, 1.82) is 0 Å². The Morgan fingerprint density at radius 1 is 1.71 bits per heavy atom. The van der Waals surface area contributed by atoms with E-state index in [0.717, 1.165) is 0 Å². The summed E-state index contributed by atoms with van der Waals surface area (Å²) < 4.78 is 25.9. The minimum atomic E-state index is -3.60. The lowest BCUT2D eigenvalue weighted by Crippen LogP contribution is -2.34. The molecule has 7 nitrogen and oxygen atoms in total. The molecule has 0 spiro atoms. The highest BCUT2D eigenvalue weighted by atomic mass is 32.2. The third kappa shape index (κ3) is 3.68. The maximum absolute atomic E-state index is 11.8. The SMILES string of the molecule is CC(CNS(=O)(=O)c1cccnc1)C(N)=NO. The van der Waals surface area contributed by atoms with E-state index in [1.165, 1.54) is 24.5 Å². The molecular weight excluding hydrogens is 244 g/mol. The van der Waals surface area contributed by atoms with Crippen LogP contribution in [0.5, 0.6) is 0 Å². The van der Waals surface area contributed by atoms with Crippen LogP contribution in [0.4, 0.5) is 0 Å². The molecule has 0 bridgehead atoms. The lowest BCUT2D eigenvalue weighted by molar-refractivity contribution is 0.314. The monoisotopic (exact) mass is 258 g/mol. The lowest BCUT2D eigenvalue weighted by atomic mass is 10.2. The van der Waals surface area contributed by atoms with Gasteiger partial charge in [-0.1, -0.05) is 12.1 Å².